The summed E-state index contributed by atoms with van der Waals surface area (Å²) in [5, 5.41) is 78.0. The number of rotatable bonds is 20. The highest BCUT2D eigenvalue weighted by Gasteiger charge is 1.97. The van der Waals surface area contributed by atoms with Crippen molar-refractivity contribution in [2.24, 2.45) is 0 Å². The molecular formula is C24H55BO11. The summed E-state index contributed by atoms with van der Waals surface area (Å²) in [6.45, 7) is 0.812. The zero-order valence-electron chi connectivity index (χ0n) is 22.3. The smallest absolute Gasteiger partial charge is 0.481 e. The molecule has 0 aromatic rings. The van der Waals surface area contributed by atoms with Gasteiger partial charge in [-0.2, -0.15) is 0 Å². The van der Waals surface area contributed by atoms with Crippen LogP contribution in [0.4, 0.5) is 0 Å². The average molecular weight is 531 g/mol. The van der Waals surface area contributed by atoms with Crippen molar-refractivity contribution in [3.05, 3.63) is 0 Å². The van der Waals surface area contributed by atoms with E-state index in [1.165, 1.54) is 83.5 Å². The van der Waals surface area contributed by atoms with Gasteiger partial charge in [0.25, 0.3) is 0 Å². The minimum atomic E-state index is -2.17. The van der Waals surface area contributed by atoms with Crippen molar-refractivity contribution in [3.8, 4) is 0 Å². The summed E-state index contributed by atoms with van der Waals surface area (Å²) in [7, 11) is -2.17. The van der Waals surface area contributed by atoms with Crippen LogP contribution in [0.1, 0.15) is 110 Å². The van der Waals surface area contributed by atoms with Crippen LogP contribution >= 0.6 is 0 Å². The number of carboxylic acids is 1. The number of carbonyl (C=O) groups is 1. The first-order valence-electron chi connectivity index (χ1n) is 13.2. The molecule has 0 saturated carbocycles. The van der Waals surface area contributed by atoms with Crippen LogP contribution in [0.2, 0.25) is 0 Å². The van der Waals surface area contributed by atoms with Gasteiger partial charge in [0, 0.05) is 6.42 Å². The Balaban J connectivity index is -0.000000258. The molecule has 0 amide bonds. The lowest BCUT2D eigenvalue weighted by Crippen LogP contribution is -2.15. The molecule has 0 fully saturated rings. The summed E-state index contributed by atoms with van der Waals surface area (Å²) in [5.41, 5.74) is 0. The number of aliphatic hydroxyl groups excluding tert-OH is 6. The number of aliphatic carboxylic acids is 1. The van der Waals surface area contributed by atoms with Crippen LogP contribution < -0.4 is 0 Å². The number of carboxylic acid groups (broad SMARTS) is 1. The molecule has 36 heavy (non-hydrogen) atoms. The molecule has 0 unspecified atom stereocenters. The van der Waals surface area contributed by atoms with E-state index >= 15 is 0 Å². The molecule has 12 heteroatoms. The zero-order chi connectivity index (χ0) is 28.5. The van der Waals surface area contributed by atoms with Gasteiger partial charge >= 0.3 is 13.3 Å². The third-order valence-electron chi connectivity index (χ3n) is 4.84. The second-order valence-electron chi connectivity index (χ2n) is 8.48. The molecule has 0 rings (SSSR count). The van der Waals surface area contributed by atoms with Crippen LogP contribution in [-0.4, -0.2) is 103 Å². The minimum absolute atomic E-state index is 0.345. The highest BCUT2D eigenvalue weighted by Crippen LogP contribution is 2.13. The van der Waals surface area contributed by atoms with Gasteiger partial charge in [0.15, 0.2) is 0 Å². The number of hydrogen-bond acceptors (Lipinski definition) is 10. The maximum atomic E-state index is 10.3. The monoisotopic (exact) mass is 530 g/mol. The Morgan fingerprint density at radius 3 is 0.944 bits per heavy atom. The largest absolute Gasteiger partial charge is 0.631 e. The summed E-state index contributed by atoms with van der Waals surface area (Å²) in [5.74, 6) is -0.653. The fourth-order valence-corrected chi connectivity index (χ4v) is 2.76. The quantitative estimate of drug-likeness (QED) is 0.0788. The fraction of sp³-hybridized carbons (Fsp3) is 0.958. The van der Waals surface area contributed by atoms with Gasteiger partial charge in [0.2, 0.25) is 0 Å². The molecule has 0 aromatic carbocycles. The van der Waals surface area contributed by atoms with Crippen LogP contribution in [0.5, 0.6) is 0 Å². The van der Waals surface area contributed by atoms with Crippen molar-refractivity contribution >= 4 is 13.3 Å². The van der Waals surface area contributed by atoms with E-state index in [1.807, 2.05) is 0 Å². The molecule has 0 radical (unpaired) electrons. The normalized spacial score (nSPS) is 10.1. The number of unbranched alkanes of at least 4 members (excludes halogenated alkanes) is 14. The van der Waals surface area contributed by atoms with Crippen molar-refractivity contribution in [2.45, 2.75) is 122 Å². The van der Waals surface area contributed by atoms with Gasteiger partial charge in [-0.25, -0.2) is 0 Å². The van der Waals surface area contributed by atoms with Gasteiger partial charge in [-0.3, -0.25) is 4.79 Å². The summed E-state index contributed by atoms with van der Waals surface area (Å²) in [6, 6.07) is 0. The Morgan fingerprint density at radius 2 is 0.778 bits per heavy atom. The maximum absolute atomic E-state index is 10.3. The summed E-state index contributed by atoms with van der Waals surface area (Å²) >= 11 is 0. The van der Waals surface area contributed by atoms with Crippen LogP contribution in [0.25, 0.3) is 0 Å². The molecule has 0 aromatic heterocycles. The third kappa shape index (κ3) is 58.8. The number of hydrogen-bond donors (Lipinski definition) is 10. The first-order valence-corrected chi connectivity index (χ1v) is 13.2. The molecule has 0 aliphatic heterocycles. The first kappa shape index (κ1) is 42.3. The molecule has 220 valence electrons. The molecule has 0 saturated heterocycles. The molecule has 0 aliphatic carbocycles. The van der Waals surface area contributed by atoms with Crippen molar-refractivity contribution in [1.29, 1.82) is 0 Å². The Labute approximate surface area is 217 Å². The SMILES string of the molecule is CCCCCCCCCCCCCCCCCC(=O)O.OB(O)O.OCC(O)CO.OCC(O)CO. The predicted molar refractivity (Wildman–Crippen MR) is 140 cm³/mol. The van der Waals surface area contributed by atoms with E-state index in [0.717, 1.165) is 12.8 Å². The summed E-state index contributed by atoms with van der Waals surface area (Å²) in [6.07, 6.45) is 18.3. The van der Waals surface area contributed by atoms with Crippen molar-refractivity contribution < 1.29 is 55.6 Å². The van der Waals surface area contributed by atoms with Crippen LogP contribution in [0.15, 0.2) is 0 Å². The maximum Gasteiger partial charge on any atom is 0.631 e. The van der Waals surface area contributed by atoms with Crippen molar-refractivity contribution in [1.82, 2.24) is 0 Å². The minimum Gasteiger partial charge on any atom is -0.481 e. The van der Waals surface area contributed by atoms with Crippen LogP contribution in [-0.2, 0) is 4.79 Å². The highest BCUT2D eigenvalue weighted by molar-refractivity contribution is 6.30. The van der Waals surface area contributed by atoms with Gasteiger partial charge in [-0.15, -0.1) is 0 Å². The topological polar surface area (TPSA) is 219 Å². The van der Waals surface area contributed by atoms with Gasteiger partial charge < -0.3 is 50.8 Å². The van der Waals surface area contributed by atoms with Gasteiger partial charge in [-0.05, 0) is 6.42 Å². The van der Waals surface area contributed by atoms with Gasteiger partial charge in [0.05, 0.1) is 26.4 Å². The summed E-state index contributed by atoms with van der Waals surface area (Å²) < 4.78 is 0. The van der Waals surface area contributed by atoms with E-state index < -0.39 is 25.5 Å². The third-order valence-corrected chi connectivity index (χ3v) is 4.84. The second-order valence-corrected chi connectivity index (χ2v) is 8.48. The predicted octanol–water partition coefficient (Wildman–Crippen LogP) is 0.944. The molecule has 0 atom stereocenters. The van der Waals surface area contributed by atoms with Gasteiger partial charge in [0.1, 0.15) is 12.2 Å². The molecule has 0 bridgehead atoms. The van der Waals surface area contributed by atoms with E-state index in [-0.39, 0.29) is 26.4 Å². The zero-order valence-corrected chi connectivity index (χ0v) is 22.3. The van der Waals surface area contributed by atoms with Crippen molar-refractivity contribution in [2.75, 3.05) is 26.4 Å². The molecule has 0 spiro atoms. The molecule has 10 N–H and O–H groups in total. The van der Waals surface area contributed by atoms with E-state index in [0.29, 0.717) is 6.42 Å². The molecule has 0 aliphatic rings. The van der Waals surface area contributed by atoms with Gasteiger partial charge in [-0.1, -0.05) is 96.8 Å². The summed E-state index contributed by atoms with van der Waals surface area (Å²) in [4.78, 5) is 10.3. The van der Waals surface area contributed by atoms with E-state index in [2.05, 4.69) is 6.92 Å². The standard InChI is InChI=1S/C18H36O2.2C3H8O3.BH3O3/c1-2-3-4-5-6-7-8-9-10-11-12-13-14-15-16-17-18(19)20;2*4-1-3(6)2-5;2-1(3)4/h2-17H2,1H3,(H,19,20);2*3-6H,1-2H2;2-4H. The van der Waals surface area contributed by atoms with E-state index in [4.69, 9.17) is 50.8 Å². The lowest BCUT2D eigenvalue weighted by molar-refractivity contribution is -0.137. The van der Waals surface area contributed by atoms with Crippen molar-refractivity contribution in [3.63, 3.8) is 0 Å². The Hall–Kier alpha value is -0.825. The highest BCUT2D eigenvalue weighted by atomic mass is 16.5. The lowest BCUT2D eigenvalue weighted by atomic mass is 10.0. The Morgan fingerprint density at radius 1 is 0.556 bits per heavy atom. The lowest BCUT2D eigenvalue weighted by Gasteiger charge is -2.03. The van der Waals surface area contributed by atoms with E-state index in [1.54, 1.807) is 0 Å². The Kier molecular flexibility index (Phi) is 45.4. The fourth-order valence-electron chi connectivity index (χ4n) is 2.76. The average Bonchev–Trinajstić information content (AvgIpc) is 2.85. The van der Waals surface area contributed by atoms with Crippen LogP contribution in [0.3, 0.4) is 0 Å². The molecule has 11 nitrogen and oxygen atoms in total. The van der Waals surface area contributed by atoms with Crippen LogP contribution in [0, 0.1) is 0 Å². The number of aliphatic hydroxyl groups is 6. The first-order chi connectivity index (χ1) is 17.1. The second kappa shape index (κ2) is 38.7. The molecule has 0 heterocycles. The Bertz CT molecular complexity index is 370. The molecular weight excluding hydrogens is 475 g/mol. The van der Waals surface area contributed by atoms with E-state index in [9.17, 15) is 4.79 Å².